The minimum Gasteiger partial charge on any atom is -0.484 e. The molecule has 5 rings (SSSR count). The fraction of sp³-hybridized carbons (Fsp3) is 0.565. The van der Waals surface area contributed by atoms with E-state index in [4.69, 9.17) is 4.74 Å². The van der Waals surface area contributed by atoms with Crippen LogP contribution in [0.5, 0.6) is 5.75 Å². The van der Waals surface area contributed by atoms with Crippen LogP contribution in [0.4, 0.5) is 8.78 Å². The number of carbonyl (C=O) groups is 1. The standard InChI is InChI=1S/C23H29F2N5O2/c24-15-9-18(22(19(25)10-15)32-13-16-1-5-28-29-16)17-11-20(17)27-12-21(31)30-7-3-23(4-8-30)2-6-26-14-23/h1,5,9-10,17,20,26-27H,2-4,6-8,11-14H2,(H,28,29). The van der Waals surface area contributed by atoms with Crippen molar-refractivity contribution in [3.63, 3.8) is 0 Å². The lowest BCUT2D eigenvalue weighted by molar-refractivity contribution is -0.132. The fourth-order valence-electron chi connectivity index (χ4n) is 5.07. The second kappa shape index (κ2) is 8.78. The quantitative estimate of drug-likeness (QED) is 0.609. The van der Waals surface area contributed by atoms with Crippen molar-refractivity contribution in [1.82, 2.24) is 25.7 Å². The molecular formula is C23H29F2N5O2. The number of ether oxygens (including phenoxy) is 1. The molecule has 3 fully saturated rings. The van der Waals surface area contributed by atoms with E-state index in [-0.39, 0.29) is 36.8 Å². The molecule has 9 heteroatoms. The van der Waals surface area contributed by atoms with Crippen LogP contribution in [0.1, 0.15) is 42.9 Å². The number of rotatable bonds is 7. The molecule has 1 spiro atoms. The van der Waals surface area contributed by atoms with Gasteiger partial charge >= 0.3 is 0 Å². The van der Waals surface area contributed by atoms with Crippen LogP contribution in [0.15, 0.2) is 24.4 Å². The SMILES string of the molecule is O=C(CNC1CC1c1cc(F)cc(F)c1OCc1ccn[nH]1)N1CCC2(CCNC2)CC1. The number of piperidine rings is 1. The summed E-state index contributed by atoms with van der Waals surface area (Å²) in [5, 5.41) is 13.3. The largest absolute Gasteiger partial charge is 0.484 e. The first-order valence-corrected chi connectivity index (χ1v) is 11.3. The predicted molar refractivity (Wildman–Crippen MR) is 114 cm³/mol. The molecule has 3 aliphatic rings. The number of hydrogen-bond donors (Lipinski definition) is 3. The molecule has 7 nitrogen and oxygen atoms in total. The van der Waals surface area contributed by atoms with E-state index in [1.165, 1.54) is 12.5 Å². The molecule has 1 aromatic carbocycles. The molecule has 2 aromatic rings. The summed E-state index contributed by atoms with van der Waals surface area (Å²) in [6.07, 6.45) is 5.61. The van der Waals surface area contributed by atoms with Crippen molar-refractivity contribution in [1.29, 1.82) is 0 Å². The number of carbonyl (C=O) groups excluding carboxylic acids is 1. The molecule has 0 bridgehead atoms. The van der Waals surface area contributed by atoms with Gasteiger partial charge in [-0.2, -0.15) is 5.10 Å². The van der Waals surface area contributed by atoms with Crippen LogP contribution in [-0.4, -0.2) is 59.8 Å². The van der Waals surface area contributed by atoms with E-state index >= 15 is 0 Å². The van der Waals surface area contributed by atoms with Crippen LogP contribution in [0.3, 0.4) is 0 Å². The van der Waals surface area contributed by atoms with Crippen molar-refractivity contribution in [2.24, 2.45) is 5.41 Å². The van der Waals surface area contributed by atoms with E-state index in [0.717, 1.165) is 45.1 Å². The minimum atomic E-state index is -0.718. The van der Waals surface area contributed by atoms with Gasteiger partial charge in [0.15, 0.2) is 11.6 Å². The highest BCUT2D eigenvalue weighted by Crippen LogP contribution is 2.46. The highest BCUT2D eigenvalue weighted by atomic mass is 19.1. The van der Waals surface area contributed by atoms with E-state index in [9.17, 15) is 13.6 Å². The molecule has 1 aliphatic carbocycles. The molecular weight excluding hydrogens is 416 g/mol. The first-order valence-electron chi connectivity index (χ1n) is 11.3. The zero-order valence-electron chi connectivity index (χ0n) is 18.0. The van der Waals surface area contributed by atoms with Gasteiger partial charge in [-0.25, -0.2) is 8.78 Å². The molecule has 1 aromatic heterocycles. The van der Waals surface area contributed by atoms with Crippen LogP contribution in [0.2, 0.25) is 0 Å². The summed E-state index contributed by atoms with van der Waals surface area (Å²) < 4.78 is 34.0. The Labute approximate surface area is 185 Å². The number of likely N-dealkylation sites (tertiary alicyclic amines) is 1. The van der Waals surface area contributed by atoms with Crippen LogP contribution in [-0.2, 0) is 11.4 Å². The third-order valence-electron chi connectivity index (χ3n) is 7.18. The second-order valence-corrected chi connectivity index (χ2v) is 9.31. The summed E-state index contributed by atoms with van der Waals surface area (Å²) in [6, 6.07) is 3.91. The number of nitrogens with zero attached hydrogens (tertiary/aromatic N) is 2. The molecule has 2 aliphatic heterocycles. The first-order chi connectivity index (χ1) is 15.5. The lowest BCUT2D eigenvalue weighted by Crippen LogP contribution is -2.47. The Morgan fingerprint density at radius 1 is 1.28 bits per heavy atom. The molecule has 3 N–H and O–H groups in total. The lowest BCUT2D eigenvalue weighted by atomic mass is 9.78. The van der Waals surface area contributed by atoms with Gasteiger partial charge in [-0.1, -0.05) is 0 Å². The number of aromatic nitrogens is 2. The Balaban J connectivity index is 1.15. The van der Waals surface area contributed by atoms with Crippen LogP contribution >= 0.6 is 0 Å². The minimum absolute atomic E-state index is 0.00446. The monoisotopic (exact) mass is 445 g/mol. The smallest absolute Gasteiger partial charge is 0.236 e. The molecule has 1 amide bonds. The number of aromatic amines is 1. The fourth-order valence-corrected chi connectivity index (χ4v) is 5.07. The maximum absolute atomic E-state index is 14.5. The number of halogens is 2. The van der Waals surface area contributed by atoms with Crippen LogP contribution in [0.25, 0.3) is 0 Å². The van der Waals surface area contributed by atoms with Gasteiger partial charge in [-0.05, 0) is 49.8 Å². The highest BCUT2D eigenvalue weighted by molar-refractivity contribution is 5.78. The van der Waals surface area contributed by atoms with Crippen molar-refractivity contribution in [2.45, 2.75) is 44.2 Å². The lowest BCUT2D eigenvalue weighted by Gasteiger charge is -2.39. The van der Waals surface area contributed by atoms with Crippen LogP contribution in [0, 0.1) is 17.0 Å². The maximum Gasteiger partial charge on any atom is 0.236 e. The Morgan fingerprint density at radius 2 is 2.12 bits per heavy atom. The maximum atomic E-state index is 14.5. The van der Waals surface area contributed by atoms with E-state index in [1.807, 2.05) is 4.90 Å². The topological polar surface area (TPSA) is 82.3 Å². The van der Waals surface area contributed by atoms with Gasteiger partial charge in [-0.3, -0.25) is 9.89 Å². The number of hydrogen-bond acceptors (Lipinski definition) is 5. The van der Waals surface area contributed by atoms with E-state index < -0.39 is 11.6 Å². The summed E-state index contributed by atoms with van der Waals surface area (Å²) in [5.41, 5.74) is 1.58. The first kappa shape index (κ1) is 21.3. The molecule has 2 saturated heterocycles. The highest BCUT2D eigenvalue weighted by Gasteiger charge is 2.42. The van der Waals surface area contributed by atoms with Gasteiger partial charge in [0.05, 0.1) is 12.2 Å². The molecule has 3 heterocycles. The average Bonchev–Trinajstić information content (AvgIpc) is 3.12. The summed E-state index contributed by atoms with van der Waals surface area (Å²) in [6.45, 7) is 4.10. The molecule has 2 atom stereocenters. The van der Waals surface area contributed by atoms with E-state index in [0.29, 0.717) is 23.1 Å². The van der Waals surface area contributed by atoms with Gasteiger partial charge in [0.2, 0.25) is 5.91 Å². The molecule has 1 saturated carbocycles. The molecule has 0 radical (unpaired) electrons. The van der Waals surface area contributed by atoms with E-state index in [2.05, 4.69) is 20.8 Å². The third kappa shape index (κ3) is 4.49. The second-order valence-electron chi connectivity index (χ2n) is 9.31. The number of H-pyrrole nitrogens is 1. The van der Waals surface area contributed by atoms with Crippen molar-refractivity contribution in [2.75, 3.05) is 32.7 Å². The van der Waals surface area contributed by atoms with Crippen molar-refractivity contribution in [3.8, 4) is 5.75 Å². The summed E-state index contributed by atoms with van der Waals surface area (Å²) in [5.74, 6) is -1.27. The van der Waals surface area contributed by atoms with Crippen molar-refractivity contribution < 1.29 is 18.3 Å². The molecule has 172 valence electrons. The van der Waals surface area contributed by atoms with Gasteiger partial charge in [0, 0.05) is 49.4 Å². The number of nitrogens with one attached hydrogen (secondary N) is 3. The Hall–Kier alpha value is -2.52. The third-order valence-corrected chi connectivity index (χ3v) is 7.18. The van der Waals surface area contributed by atoms with Gasteiger partial charge in [-0.15, -0.1) is 0 Å². The summed E-state index contributed by atoms with van der Waals surface area (Å²) in [4.78, 5) is 14.6. The normalized spacial score (nSPS) is 24.1. The number of amides is 1. The van der Waals surface area contributed by atoms with Crippen LogP contribution < -0.4 is 15.4 Å². The zero-order valence-corrected chi connectivity index (χ0v) is 18.0. The van der Waals surface area contributed by atoms with Gasteiger partial charge in [0.1, 0.15) is 12.4 Å². The van der Waals surface area contributed by atoms with Crippen molar-refractivity contribution >= 4 is 5.91 Å². The number of benzene rings is 1. The Kier molecular flexibility index (Phi) is 5.86. The van der Waals surface area contributed by atoms with Gasteiger partial charge < -0.3 is 20.3 Å². The summed E-state index contributed by atoms with van der Waals surface area (Å²) in [7, 11) is 0. The van der Waals surface area contributed by atoms with Crippen molar-refractivity contribution in [3.05, 3.63) is 47.3 Å². The van der Waals surface area contributed by atoms with E-state index in [1.54, 1.807) is 12.3 Å². The van der Waals surface area contributed by atoms with Gasteiger partial charge in [0.25, 0.3) is 0 Å². The zero-order chi connectivity index (χ0) is 22.1. The molecule has 2 unspecified atom stereocenters. The predicted octanol–water partition coefficient (Wildman–Crippen LogP) is 2.31. The summed E-state index contributed by atoms with van der Waals surface area (Å²) >= 11 is 0. The Morgan fingerprint density at radius 3 is 2.84 bits per heavy atom. The Bertz CT molecular complexity index is 952. The average molecular weight is 446 g/mol. The molecule has 32 heavy (non-hydrogen) atoms.